The van der Waals surface area contributed by atoms with Crippen molar-refractivity contribution in [1.82, 2.24) is 14.7 Å². The number of piperazine rings is 1. The molecule has 2 aliphatic rings. The van der Waals surface area contributed by atoms with E-state index in [1.165, 1.54) is 16.7 Å². The summed E-state index contributed by atoms with van der Waals surface area (Å²) in [6, 6.07) is 11.2. The van der Waals surface area contributed by atoms with Crippen molar-refractivity contribution in [3.8, 4) is 11.1 Å². The molecular weight excluding hydrogens is 594 g/mol. The number of esters is 1. The molecule has 230 valence electrons. The highest BCUT2D eigenvalue weighted by Crippen LogP contribution is 2.42. The Bertz CT molecular complexity index is 1480. The van der Waals surface area contributed by atoms with Crippen LogP contribution in [-0.2, 0) is 4.74 Å². The van der Waals surface area contributed by atoms with Crippen molar-refractivity contribution in [2.45, 2.75) is 31.7 Å². The molecule has 2 saturated heterocycles. The van der Waals surface area contributed by atoms with Crippen LogP contribution < -0.4 is 9.80 Å². The molecule has 0 aliphatic carbocycles. The Balaban J connectivity index is 1.44. The summed E-state index contributed by atoms with van der Waals surface area (Å²) in [6.07, 6.45) is -3.90. The van der Waals surface area contributed by atoms with Gasteiger partial charge in [-0.05, 0) is 36.8 Å². The van der Waals surface area contributed by atoms with Gasteiger partial charge < -0.3 is 24.5 Å². The number of hydrogen-bond acceptors (Lipinski definition) is 6. The zero-order valence-electron chi connectivity index (χ0n) is 23.2. The van der Waals surface area contributed by atoms with Crippen LogP contribution in [-0.4, -0.2) is 83.6 Å². The van der Waals surface area contributed by atoms with Gasteiger partial charge in [0.05, 0.1) is 25.4 Å². The molecule has 3 aromatic rings. The van der Waals surface area contributed by atoms with Crippen LogP contribution in [0.15, 0.2) is 48.7 Å². The topological polar surface area (TPSA) is 91.1 Å². The first-order valence-corrected chi connectivity index (χ1v) is 14.1. The summed E-state index contributed by atoms with van der Waals surface area (Å²) in [5.74, 6) is -4.26. The number of carboxylic acid groups (broad SMARTS) is 1. The molecule has 1 N–H and O–H groups in total. The van der Waals surface area contributed by atoms with E-state index in [1.807, 2.05) is 24.3 Å². The van der Waals surface area contributed by atoms with Crippen molar-refractivity contribution in [1.29, 1.82) is 0 Å². The number of carbonyl (C=O) groups excluding carboxylic acids is 1. The molecule has 5 rings (SSSR count). The van der Waals surface area contributed by atoms with E-state index in [9.17, 15) is 23.5 Å². The van der Waals surface area contributed by atoms with Crippen LogP contribution in [0.4, 0.5) is 33.7 Å². The van der Waals surface area contributed by atoms with Gasteiger partial charge in [-0.1, -0.05) is 29.8 Å². The number of amides is 1. The van der Waals surface area contributed by atoms with Crippen LogP contribution in [0.3, 0.4) is 0 Å². The molecule has 9 nitrogen and oxygen atoms in total. The minimum Gasteiger partial charge on any atom is -0.465 e. The van der Waals surface area contributed by atoms with Gasteiger partial charge in [0.25, 0.3) is 12.3 Å². The van der Waals surface area contributed by atoms with E-state index in [0.717, 1.165) is 22.1 Å². The number of nitrogens with zero attached hydrogens (tertiary/aromatic N) is 5. The quantitative estimate of drug-likeness (QED) is 0.247. The van der Waals surface area contributed by atoms with Crippen LogP contribution in [0, 0.1) is 0 Å². The standard InChI is InChI=1S/C29H30ClF4N5O4/c1-2-43-27(40)23-15-35-39(25(23)26(31)32)21-14-29(33,34)17-38(16-21)24-13-19(30)5-8-22(24)18-3-6-20(7-4-18)36-9-11-37(12-10-36)28(41)42/h3-8,13,15,21,26H,2,9-12,14,16-17H2,1H3,(H,41,42). The number of carbonyl (C=O) groups is 2. The van der Waals surface area contributed by atoms with E-state index in [1.54, 1.807) is 18.2 Å². The Hall–Kier alpha value is -4.00. The van der Waals surface area contributed by atoms with E-state index >= 15 is 8.78 Å². The molecule has 14 heteroatoms. The molecule has 0 spiro atoms. The zero-order valence-corrected chi connectivity index (χ0v) is 24.0. The lowest BCUT2D eigenvalue weighted by Gasteiger charge is -2.40. The summed E-state index contributed by atoms with van der Waals surface area (Å²) in [5.41, 5.74) is 1.42. The van der Waals surface area contributed by atoms with E-state index < -0.39 is 54.7 Å². The van der Waals surface area contributed by atoms with Gasteiger partial charge in [0.15, 0.2) is 0 Å². The van der Waals surface area contributed by atoms with Crippen LogP contribution >= 0.6 is 11.6 Å². The molecule has 2 aromatic carbocycles. The normalized spacial score (nSPS) is 18.7. The van der Waals surface area contributed by atoms with Gasteiger partial charge >= 0.3 is 12.1 Å². The SMILES string of the molecule is CCOC(=O)c1cnn(C2CN(c3cc(Cl)ccc3-c3ccc(N4CCN(C(=O)O)CC4)cc3)CC(F)(F)C2)c1C(F)F. The number of ether oxygens (including phenoxy) is 1. The molecular formula is C29H30ClF4N5O4. The fourth-order valence-electron chi connectivity index (χ4n) is 5.68. The van der Waals surface area contributed by atoms with Gasteiger partial charge in [0, 0.05) is 61.1 Å². The van der Waals surface area contributed by atoms with Gasteiger partial charge in [0.2, 0.25) is 0 Å². The van der Waals surface area contributed by atoms with E-state index in [0.29, 0.717) is 42.5 Å². The van der Waals surface area contributed by atoms with Crippen LogP contribution in [0.25, 0.3) is 11.1 Å². The van der Waals surface area contributed by atoms with E-state index in [2.05, 4.69) is 10.00 Å². The third-order valence-corrected chi connectivity index (χ3v) is 7.90. The lowest BCUT2D eigenvalue weighted by molar-refractivity contribution is -0.0298. The molecule has 2 fully saturated rings. The molecule has 1 atom stereocenters. The molecule has 0 radical (unpaired) electrons. The number of rotatable bonds is 7. The minimum atomic E-state index is -3.26. The average molecular weight is 624 g/mol. The van der Waals surface area contributed by atoms with Crippen molar-refractivity contribution in [2.24, 2.45) is 0 Å². The third-order valence-electron chi connectivity index (χ3n) is 7.66. The van der Waals surface area contributed by atoms with Gasteiger partial charge in [-0.2, -0.15) is 5.10 Å². The smallest absolute Gasteiger partial charge is 0.407 e. The number of piperidine rings is 1. The van der Waals surface area contributed by atoms with Crippen molar-refractivity contribution >= 4 is 35.0 Å². The highest BCUT2D eigenvalue weighted by Gasteiger charge is 2.44. The average Bonchev–Trinajstić information content (AvgIpc) is 3.43. The third kappa shape index (κ3) is 6.51. The van der Waals surface area contributed by atoms with Crippen LogP contribution in [0.5, 0.6) is 0 Å². The van der Waals surface area contributed by atoms with Crippen LogP contribution in [0.2, 0.25) is 5.02 Å². The van der Waals surface area contributed by atoms with Gasteiger partial charge in [0.1, 0.15) is 11.3 Å². The molecule has 0 saturated carbocycles. The predicted octanol–water partition coefficient (Wildman–Crippen LogP) is 6.20. The monoisotopic (exact) mass is 623 g/mol. The Labute approximate surface area is 250 Å². The van der Waals surface area contributed by atoms with Gasteiger partial charge in [-0.3, -0.25) is 4.68 Å². The fourth-order valence-corrected chi connectivity index (χ4v) is 5.85. The first-order valence-electron chi connectivity index (χ1n) is 13.8. The predicted molar refractivity (Wildman–Crippen MR) is 153 cm³/mol. The van der Waals surface area contributed by atoms with Crippen molar-refractivity contribution < 1.29 is 37.0 Å². The molecule has 1 amide bonds. The molecule has 1 unspecified atom stereocenters. The number of halogens is 5. The highest BCUT2D eigenvalue weighted by molar-refractivity contribution is 6.31. The molecule has 3 heterocycles. The molecule has 2 aliphatic heterocycles. The minimum absolute atomic E-state index is 0.0398. The maximum absolute atomic E-state index is 15.2. The Kier molecular flexibility index (Phi) is 8.72. The second-order valence-electron chi connectivity index (χ2n) is 10.5. The summed E-state index contributed by atoms with van der Waals surface area (Å²) in [5, 5.41) is 13.4. The van der Waals surface area contributed by atoms with E-state index in [4.69, 9.17) is 16.3 Å². The summed E-state index contributed by atoms with van der Waals surface area (Å²) in [7, 11) is 0. The highest BCUT2D eigenvalue weighted by atomic mass is 35.5. The number of alkyl halides is 4. The van der Waals surface area contributed by atoms with Gasteiger partial charge in [-0.25, -0.2) is 27.2 Å². The summed E-state index contributed by atoms with van der Waals surface area (Å²) >= 11 is 6.31. The molecule has 0 bridgehead atoms. The van der Waals surface area contributed by atoms with Crippen molar-refractivity contribution in [3.05, 3.63) is 64.9 Å². The number of benzene rings is 2. The van der Waals surface area contributed by atoms with E-state index in [-0.39, 0.29) is 13.2 Å². The lowest BCUT2D eigenvalue weighted by atomic mass is 9.97. The second-order valence-corrected chi connectivity index (χ2v) is 10.9. The number of aromatic nitrogens is 2. The first-order chi connectivity index (χ1) is 20.5. The maximum atomic E-state index is 15.2. The van der Waals surface area contributed by atoms with Crippen molar-refractivity contribution in [2.75, 3.05) is 55.7 Å². The summed E-state index contributed by atoms with van der Waals surface area (Å²) in [6.45, 7) is 2.57. The lowest BCUT2D eigenvalue weighted by Crippen LogP contribution is -2.48. The van der Waals surface area contributed by atoms with Gasteiger partial charge in [-0.15, -0.1) is 0 Å². The summed E-state index contributed by atoms with van der Waals surface area (Å²) < 4.78 is 64.4. The van der Waals surface area contributed by atoms with Crippen molar-refractivity contribution in [3.63, 3.8) is 0 Å². The van der Waals surface area contributed by atoms with Crippen LogP contribution in [0.1, 0.15) is 41.9 Å². The molecule has 43 heavy (non-hydrogen) atoms. The Morgan fingerprint density at radius 3 is 2.42 bits per heavy atom. The first kappa shape index (κ1) is 30.5. The number of anilines is 2. The zero-order chi connectivity index (χ0) is 30.9. The number of hydrogen-bond donors (Lipinski definition) is 1. The Morgan fingerprint density at radius 2 is 1.79 bits per heavy atom. The fraction of sp³-hybridized carbons (Fsp3) is 0.414. The summed E-state index contributed by atoms with van der Waals surface area (Å²) in [4.78, 5) is 28.3. The maximum Gasteiger partial charge on any atom is 0.407 e. The Morgan fingerprint density at radius 1 is 1.09 bits per heavy atom. The largest absolute Gasteiger partial charge is 0.465 e. The second kappa shape index (κ2) is 12.3. The molecule has 1 aromatic heterocycles.